The van der Waals surface area contributed by atoms with Crippen LogP contribution in [-0.2, 0) is 6.54 Å². The molecule has 0 saturated carbocycles. The standard InChI is InChI=1S/C14H14N2O4/c15-11-5-3-4-10(14(18)19)13(11)20-9-8-16-7-2-1-6-12(16)17/h1-7H,8-9,15H2,(H,18,19). The number of para-hydroxylation sites is 1. The molecule has 0 saturated heterocycles. The summed E-state index contributed by atoms with van der Waals surface area (Å²) in [5.74, 6) is -0.979. The summed E-state index contributed by atoms with van der Waals surface area (Å²) in [5, 5.41) is 9.06. The van der Waals surface area contributed by atoms with E-state index in [4.69, 9.17) is 15.6 Å². The number of hydrogen-bond acceptors (Lipinski definition) is 4. The highest BCUT2D eigenvalue weighted by Gasteiger charge is 2.13. The first-order chi connectivity index (χ1) is 9.59. The van der Waals surface area contributed by atoms with E-state index in [0.29, 0.717) is 6.54 Å². The number of rotatable bonds is 5. The maximum atomic E-state index is 11.5. The van der Waals surface area contributed by atoms with Gasteiger partial charge in [0.25, 0.3) is 5.56 Å². The quantitative estimate of drug-likeness (QED) is 0.799. The minimum atomic E-state index is -1.11. The van der Waals surface area contributed by atoms with E-state index >= 15 is 0 Å². The predicted octanol–water partition coefficient (Wildman–Crippen LogP) is 1.21. The van der Waals surface area contributed by atoms with Gasteiger partial charge in [0, 0.05) is 12.3 Å². The topological polar surface area (TPSA) is 94.6 Å². The molecule has 2 rings (SSSR count). The summed E-state index contributed by atoms with van der Waals surface area (Å²) >= 11 is 0. The monoisotopic (exact) mass is 274 g/mol. The van der Waals surface area contributed by atoms with E-state index in [1.165, 1.54) is 16.7 Å². The molecule has 1 aromatic heterocycles. The van der Waals surface area contributed by atoms with Gasteiger partial charge in [-0.15, -0.1) is 0 Å². The smallest absolute Gasteiger partial charge is 0.339 e. The lowest BCUT2D eigenvalue weighted by Crippen LogP contribution is -2.21. The zero-order chi connectivity index (χ0) is 14.5. The first kappa shape index (κ1) is 13.7. The number of nitrogen functional groups attached to an aromatic ring is 1. The van der Waals surface area contributed by atoms with Crippen LogP contribution < -0.4 is 16.0 Å². The van der Waals surface area contributed by atoms with Crippen LogP contribution >= 0.6 is 0 Å². The molecule has 0 atom stereocenters. The number of pyridine rings is 1. The Morgan fingerprint density at radius 3 is 2.75 bits per heavy atom. The SMILES string of the molecule is Nc1cccc(C(=O)O)c1OCCn1ccccc1=O. The van der Waals surface area contributed by atoms with Crippen molar-refractivity contribution in [3.8, 4) is 5.75 Å². The molecule has 0 spiro atoms. The van der Waals surface area contributed by atoms with Crippen LogP contribution in [0.3, 0.4) is 0 Å². The molecule has 0 aliphatic carbocycles. The van der Waals surface area contributed by atoms with E-state index in [1.54, 1.807) is 30.5 Å². The number of benzene rings is 1. The Kier molecular flexibility index (Phi) is 4.05. The van der Waals surface area contributed by atoms with Gasteiger partial charge in [-0.25, -0.2) is 4.79 Å². The van der Waals surface area contributed by atoms with Gasteiger partial charge < -0.3 is 20.1 Å². The zero-order valence-corrected chi connectivity index (χ0v) is 10.7. The lowest BCUT2D eigenvalue weighted by Gasteiger charge is -2.12. The van der Waals surface area contributed by atoms with Crippen molar-refractivity contribution in [3.05, 3.63) is 58.5 Å². The molecule has 0 unspecified atom stereocenters. The molecule has 0 aliphatic heterocycles. The number of aromatic carboxylic acids is 1. The van der Waals surface area contributed by atoms with Crippen molar-refractivity contribution >= 4 is 11.7 Å². The Bertz CT molecular complexity index is 679. The van der Waals surface area contributed by atoms with Crippen molar-refractivity contribution in [2.45, 2.75) is 6.54 Å². The van der Waals surface area contributed by atoms with Crippen LogP contribution in [0.1, 0.15) is 10.4 Å². The van der Waals surface area contributed by atoms with E-state index in [2.05, 4.69) is 0 Å². The van der Waals surface area contributed by atoms with Gasteiger partial charge in [-0.1, -0.05) is 12.1 Å². The van der Waals surface area contributed by atoms with Gasteiger partial charge in [-0.3, -0.25) is 4.79 Å². The number of carboxylic acid groups (broad SMARTS) is 1. The van der Waals surface area contributed by atoms with Gasteiger partial charge in [-0.2, -0.15) is 0 Å². The number of carbonyl (C=O) groups is 1. The Labute approximate surface area is 115 Å². The second kappa shape index (κ2) is 5.92. The zero-order valence-electron chi connectivity index (χ0n) is 10.7. The Morgan fingerprint density at radius 1 is 1.25 bits per heavy atom. The molecule has 0 amide bonds. The molecule has 0 radical (unpaired) electrons. The summed E-state index contributed by atoms with van der Waals surface area (Å²) in [6, 6.07) is 9.37. The summed E-state index contributed by atoms with van der Waals surface area (Å²) in [4.78, 5) is 22.6. The van der Waals surface area contributed by atoms with Crippen LogP contribution in [0.15, 0.2) is 47.4 Å². The van der Waals surface area contributed by atoms with Crippen LogP contribution in [-0.4, -0.2) is 22.2 Å². The number of nitrogens with zero attached hydrogens (tertiary/aromatic N) is 1. The fraction of sp³-hybridized carbons (Fsp3) is 0.143. The largest absolute Gasteiger partial charge is 0.489 e. The Balaban J connectivity index is 2.10. The second-order valence-electron chi connectivity index (χ2n) is 4.11. The Hall–Kier alpha value is -2.76. The molecule has 0 bridgehead atoms. The highest BCUT2D eigenvalue weighted by atomic mass is 16.5. The third kappa shape index (κ3) is 2.97. The molecule has 2 aromatic rings. The molecule has 0 fully saturated rings. The van der Waals surface area contributed by atoms with Crippen LogP contribution in [0, 0.1) is 0 Å². The average Bonchev–Trinajstić information content (AvgIpc) is 2.42. The van der Waals surface area contributed by atoms with E-state index in [0.717, 1.165) is 0 Å². The van der Waals surface area contributed by atoms with E-state index in [1.807, 2.05) is 0 Å². The molecule has 3 N–H and O–H groups in total. The fourth-order valence-corrected chi connectivity index (χ4v) is 1.78. The number of carboxylic acids is 1. The van der Waals surface area contributed by atoms with Crippen molar-refractivity contribution in [2.75, 3.05) is 12.3 Å². The van der Waals surface area contributed by atoms with Crippen LogP contribution in [0.25, 0.3) is 0 Å². The van der Waals surface area contributed by atoms with Gasteiger partial charge in [0.1, 0.15) is 12.2 Å². The minimum Gasteiger partial charge on any atom is -0.489 e. The van der Waals surface area contributed by atoms with Crippen molar-refractivity contribution in [1.82, 2.24) is 4.57 Å². The highest BCUT2D eigenvalue weighted by Crippen LogP contribution is 2.26. The normalized spacial score (nSPS) is 10.2. The lowest BCUT2D eigenvalue weighted by molar-refractivity contribution is 0.0692. The highest BCUT2D eigenvalue weighted by molar-refractivity contribution is 5.93. The number of aromatic nitrogens is 1. The number of ether oxygens (including phenoxy) is 1. The van der Waals surface area contributed by atoms with Crippen molar-refractivity contribution in [3.63, 3.8) is 0 Å². The van der Waals surface area contributed by atoms with E-state index < -0.39 is 5.97 Å². The third-order valence-corrected chi connectivity index (χ3v) is 2.75. The van der Waals surface area contributed by atoms with Gasteiger partial charge in [-0.05, 0) is 18.2 Å². The van der Waals surface area contributed by atoms with Crippen molar-refractivity contribution < 1.29 is 14.6 Å². The van der Waals surface area contributed by atoms with Crippen LogP contribution in [0.4, 0.5) is 5.69 Å². The third-order valence-electron chi connectivity index (χ3n) is 2.75. The van der Waals surface area contributed by atoms with Gasteiger partial charge in [0.15, 0.2) is 5.75 Å². The molecular weight excluding hydrogens is 260 g/mol. The second-order valence-corrected chi connectivity index (χ2v) is 4.11. The maximum Gasteiger partial charge on any atom is 0.339 e. The first-order valence-corrected chi connectivity index (χ1v) is 5.99. The molecule has 6 heteroatoms. The summed E-state index contributed by atoms with van der Waals surface area (Å²) in [6.07, 6.45) is 1.64. The van der Waals surface area contributed by atoms with E-state index in [-0.39, 0.29) is 29.2 Å². The molecule has 104 valence electrons. The van der Waals surface area contributed by atoms with Crippen LogP contribution in [0.5, 0.6) is 5.75 Å². The fourth-order valence-electron chi connectivity index (χ4n) is 1.78. The van der Waals surface area contributed by atoms with E-state index in [9.17, 15) is 9.59 Å². The molecular formula is C14H14N2O4. The molecule has 6 nitrogen and oxygen atoms in total. The van der Waals surface area contributed by atoms with Gasteiger partial charge in [0.2, 0.25) is 0 Å². The average molecular weight is 274 g/mol. The summed E-state index contributed by atoms with van der Waals surface area (Å²) in [5.41, 5.74) is 5.83. The molecule has 0 aliphatic rings. The summed E-state index contributed by atoms with van der Waals surface area (Å²) in [6.45, 7) is 0.464. The van der Waals surface area contributed by atoms with Gasteiger partial charge in [0.05, 0.1) is 12.2 Å². The first-order valence-electron chi connectivity index (χ1n) is 5.99. The number of nitrogens with two attached hydrogens (primary N) is 1. The maximum absolute atomic E-state index is 11.5. The van der Waals surface area contributed by atoms with Gasteiger partial charge >= 0.3 is 5.97 Å². The molecule has 1 heterocycles. The van der Waals surface area contributed by atoms with Crippen molar-refractivity contribution in [1.29, 1.82) is 0 Å². The summed E-state index contributed by atoms with van der Waals surface area (Å²) < 4.78 is 6.89. The predicted molar refractivity (Wildman–Crippen MR) is 74.0 cm³/mol. The minimum absolute atomic E-state index is 0.00501. The number of anilines is 1. The van der Waals surface area contributed by atoms with Crippen LogP contribution in [0.2, 0.25) is 0 Å². The summed E-state index contributed by atoms with van der Waals surface area (Å²) in [7, 11) is 0. The molecule has 20 heavy (non-hydrogen) atoms. The van der Waals surface area contributed by atoms with Crippen molar-refractivity contribution in [2.24, 2.45) is 0 Å². The lowest BCUT2D eigenvalue weighted by atomic mass is 10.2. The molecule has 1 aromatic carbocycles. The number of hydrogen-bond donors (Lipinski definition) is 2. The Morgan fingerprint density at radius 2 is 2.05 bits per heavy atom.